The number of nitrogens with two attached hydrogens (primary N) is 2. The number of thiol groups is 1. The van der Waals surface area contributed by atoms with Crippen LogP contribution in [-0.4, -0.2) is 77.8 Å². The van der Waals surface area contributed by atoms with E-state index in [1.54, 1.807) is 11.8 Å². The van der Waals surface area contributed by atoms with Gasteiger partial charge in [0.05, 0.1) is 6.04 Å². The summed E-state index contributed by atoms with van der Waals surface area (Å²) < 4.78 is 0. The van der Waals surface area contributed by atoms with E-state index in [0.29, 0.717) is 38.0 Å². The van der Waals surface area contributed by atoms with E-state index in [-0.39, 0.29) is 5.75 Å². The monoisotopic (exact) mass is 437 g/mol. The van der Waals surface area contributed by atoms with Crippen molar-refractivity contribution >= 4 is 48.1 Å². The lowest BCUT2D eigenvalue weighted by Gasteiger charge is -2.23. The molecule has 28 heavy (non-hydrogen) atoms. The number of carbonyl (C=O) groups excluding carboxylic acids is 3. The van der Waals surface area contributed by atoms with E-state index in [1.807, 2.05) is 6.26 Å². The Balaban J connectivity index is 4.95. The number of rotatable bonds is 15. The van der Waals surface area contributed by atoms with Crippen LogP contribution in [0.3, 0.4) is 0 Å². The molecule has 0 saturated heterocycles. The number of unbranched alkanes of at least 4 members (excludes halogenated alkanes) is 1. The molecule has 0 heterocycles. The third kappa shape index (κ3) is 11.4. The lowest BCUT2D eigenvalue weighted by atomic mass is 10.1. The average molecular weight is 438 g/mol. The van der Waals surface area contributed by atoms with Crippen LogP contribution < -0.4 is 27.4 Å². The number of carboxylic acids is 1. The molecule has 0 bridgehead atoms. The summed E-state index contributed by atoms with van der Waals surface area (Å²) in [5.74, 6) is -2.21. The zero-order valence-electron chi connectivity index (χ0n) is 16.0. The Labute approximate surface area is 174 Å². The van der Waals surface area contributed by atoms with Gasteiger partial charge >= 0.3 is 5.97 Å². The molecule has 8 N–H and O–H groups in total. The van der Waals surface area contributed by atoms with Crippen LogP contribution in [0.4, 0.5) is 0 Å². The Kier molecular flexibility index (Phi) is 14.6. The average Bonchev–Trinajstić information content (AvgIpc) is 2.67. The van der Waals surface area contributed by atoms with Gasteiger partial charge in [-0.15, -0.1) is 0 Å². The summed E-state index contributed by atoms with van der Waals surface area (Å²) in [4.78, 5) is 47.4. The van der Waals surface area contributed by atoms with Gasteiger partial charge in [0.2, 0.25) is 17.7 Å². The maximum Gasteiger partial charge on any atom is 0.322 e. The smallest absolute Gasteiger partial charge is 0.322 e. The van der Waals surface area contributed by atoms with Crippen LogP contribution in [0, 0.1) is 0 Å². The summed E-state index contributed by atoms with van der Waals surface area (Å²) in [7, 11) is 0. The first-order valence-corrected chi connectivity index (χ1v) is 10.9. The molecule has 10 nitrogen and oxygen atoms in total. The summed E-state index contributed by atoms with van der Waals surface area (Å²) in [6.07, 6.45) is 3.99. The maximum absolute atomic E-state index is 12.6. The second-order valence-electron chi connectivity index (χ2n) is 6.09. The first-order chi connectivity index (χ1) is 13.3. The van der Waals surface area contributed by atoms with Crippen molar-refractivity contribution in [2.75, 3.05) is 30.9 Å². The molecule has 0 saturated carbocycles. The van der Waals surface area contributed by atoms with Crippen LogP contribution in [0.1, 0.15) is 25.7 Å². The van der Waals surface area contributed by atoms with Gasteiger partial charge in [-0.25, -0.2) is 0 Å². The van der Waals surface area contributed by atoms with Crippen molar-refractivity contribution in [3.05, 3.63) is 0 Å². The minimum atomic E-state index is -1.20. The fourth-order valence-corrected chi connectivity index (χ4v) is 2.92. The van der Waals surface area contributed by atoms with Crippen LogP contribution >= 0.6 is 24.4 Å². The fraction of sp³-hybridized carbons (Fsp3) is 0.750. The third-order valence-electron chi connectivity index (χ3n) is 3.78. The minimum Gasteiger partial charge on any atom is -0.480 e. The Morgan fingerprint density at radius 1 is 1.04 bits per heavy atom. The first-order valence-electron chi connectivity index (χ1n) is 8.92. The third-order valence-corrected chi connectivity index (χ3v) is 4.79. The van der Waals surface area contributed by atoms with Crippen molar-refractivity contribution in [3.63, 3.8) is 0 Å². The maximum atomic E-state index is 12.6. The molecule has 12 heteroatoms. The predicted octanol–water partition coefficient (Wildman–Crippen LogP) is -1.70. The van der Waals surface area contributed by atoms with E-state index in [0.717, 1.165) is 0 Å². The molecule has 0 aliphatic carbocycles. The van der Waals surface area contributed by atoms with Crippen molar-refractivity contribution in [3.8, 4) is 0 Å². The van der Waals surface area contributed by atoms with Crippen molar-refractivity contribution in [1.29, 1.82) is 0 Å². The van der Waals surface area contributed by atoms with E-state index in [1.165, 1.54) is 0 Å². The number of amides is 3. The van der Waals surface area contributed by atoms with Crippen molar-refractivity contribution < 1.29 is 24.3 Å². The molecule has 0 aromatic heterocycles. The fourth-order valence-electron chi connectivity index (χ4n) is 2.17. The zero-order valence-corrected chi connectivity index (χ0v) is 17.7. The highest BCUT2D eigenvalue weighted by atomic mass is 32.2. The largest absolute Gasteiger partial charge is 0.480 e. The lowest BCUT2D eigenvalue weighted by molar-refractivity contribution is -0.138. The van der Waals surface area contributed by atoms with Crippen molar-refractivity contribution in [1.82, 2.24) is 16.0 Å². The summed E-state index contributed by atoms with van der Waals surface area (Å²) in [6, 6.07) is -2.65. The van der Waals surface area contributed by atoms with E-state index < -0.39 is 48.4 Å². The molecule has 0 aromatic rings. The van der Waals surface area contributed by atoms with E-state index in [9.17, 15) is 19.2 Å². The van der Waals surface area contributed by atoms with Crippen LogP contribution in [-0.2, 0) is 19.2 Å². The highest BCUT2D eigenvalue weighted by Crippen LogP contribution is 2.04. The number of hydrogen-bond donors (Lipinski definition) is 7. The molecule has 162 valence electrons. The Morgan fingerprint density at radius 3 is 2.21 bits per heavy atom. The molecule has 3 unspecified atom stereocenters. The Hall–Kier alpha value is -1.50. The molecule has 0 aliphatic heterocycles. The lowest BCUT2D eigenvalue weighted by Crippen LogP contribution is -2.56. The predicted molar refractivity (Wildman–Crippen MR) is 112 cm³/mol. The van der Waals surface area contributed by atoms with Gasteiger partial charge in [0.25, 0.3) is 0 Å². The summed E-state index contributed by atoms with van der Waals surface area (Å²) in [6.45, 7) is -0.119. The standard InChI is InChI=1S/C16H31N5O5S2/c1-28-7-5-10(18)14(24)20-11(4-2-3-6-17)16(26)21-12(9-27)15(25)19-8-13(22)23/h10-12,27H,2-9,17-18H2,1H3,(H,19,25)(H,20,24)(H,21,26)(H,22,23). The second-order valence-corrected chi connectivity index (χ2v) is 7.44. The summed E-state index contributed by atoms with van der Waals surface area (Å²) in [5.41, 5.74) is 11.3. The molecule has 0 radical (unpaired) electrons. The van der Waals surface area contributed by atoms with Gasteiger partial charge in [0, 0.05) is 5.75 Å². The second kappa shape index (κ2) is 15.4. The number of nitrogens with one attached hydrogen (secondary N) is 3. The SMILES string of the molecule is CSCCC(N)C(=O)NC(CCCCN)C(=O)NC(CS)C(=O)NCC(=O)O. The molecule has 3 amide bonds. The quantitative estimate of drug-likeness (QED) is 0.117. The van der Waals surface area contributed by atoms with Gasteiger partial charge in [-0.3, -0.25) is 19.2 Å². The number of hydrogen-bond acceptors (Lipinski definition) is 8. The molecule has 3 atom stereocenters. The van der Waals surface area contributed by atoms with Crippen LogP contribution in [0.2, 0.25) is 0 Å². The number of carbonyl (C=O) groups is 4. The van der Waals surface area contributed by atoms with E-state index in [2.05, 4.69) is 28.6 Å². The molecule has 0 aromatic carbocycles. The van der Waals surface area contributed by atoms with Crippen LogP contribution in [0.15, 0.2) is 0 Å². The highest BCUT2D eigenvalue weighted by molar-refractivity contribution is 7.98. The van der Waals surface area contributed by atoms with E-state index in [4.69, 9.17) is 16.6 Å². The first kappa shape index (κ1) is 26.5. The number of thioether (sulfide) groups is 1. The Bertz CT molecular complexity index is 524. The van der Waals surface area contributed by atoms with Gasteiger partial charge in [-0.1, -0.05) is 0 Å². The highest BCUT2D eigenvalue weighted by Gasteiger charge is 2.27. The molecule has 0 fully saturated rings. The van der Waals surface area contributed by atoms with Gasteiger partial charge in [0.1, 0.15) is 18.6 Å². The number of aliphatic carboxylic acids is 1. The molecular formula is C16H31N5O5S2. The van der Waals surface area contributed by atoms with Gasteiger partial charge < -0.3 is 32.5 Å². The van der Waals surface area contributed by atoms with Crippen LogP contribution in [0.25, 0.3) is 0 Å². The van der Waals surface area contributed by atoms with Crippen molar-refractivity contribution in [2.24, 2.45) is 11.5 Å². The summed E-state index contributed by atoms with van der Waals surface area (Å²) >= 11 is 5.58. The van der Waals surface area contributed by atoms with Crippen molar-refractivity contribution in [2.45, 2.75) is 43.8 Å². The summed E-state index contributed by atoms with van der Waals surface area (Å²) in [5, 5.41) is 15.9. The molecular weight excluding hydrogens is 406 g/mol. The molecule has 0 rings (SSSR count). The molecule has 0 aliphatic rings. The van der Waals surface area contributed by atoms with Crippen LogP contribution in [0.5, 0.6) is 0 Å². The van der Waals surface area contributed by atoms with E-state index >= 15 is 0 Å². The van der Waals surface area contributed by atoms with Gasteiger partial charge in [-0.05, 0) is 44.2 Å². The Morgan fingerprint density at radius 2 is 1.68 bits per heavy atom. The topological polar surface area (TPSA) is 177 Å². The minimum absolute atomic E-state index is 0.0338. The number of carboxylic acid groups (broad SMARTS) is 1. The normalized spacial score (nSPS) is 13.9. The van der Waals surface area contributed by atoms with Gasteiger partial charge in [0.15, 0.2) is 0 Å². The zero-order chi connectivity index (χ0) is 21.5. The van der Waals surface area contributed by atoms with Gasteiger partial charge in [-0.2, -0.15) is 24.4 Å². The molecule has 0 spiro atoms.